The van der Waals surface area contributed by atoms with Crippen LogP contribution in [0.3, 0.4) is 0 Å². The molecule has 0 radical (unpaired) electrons. The number of aryl methyl sites for hydroxylation is 2. The van der Waals surface area contributed by atoms with Crippen molar-refractivity contribution in [3.8, 4) is 0 Å². The minimum Gasteiger partial charge on any atom is -0.352 e. The maximum atomic E-state index is 14.2. The van der Waals surface area contributed by atoms with Gasteiger partial charge >= 0.3 is 0 Å². The molecule has 3 aromatic rings. The van der Waals surface area contributed by atoms with Gasteiger partial charge < -0.3 is 10.2 Å². The van der Waals surface area contributed by atoms with Crippen LogP contribution in [-0.4, -0.2) is 50.0 Å². The standard InChI is InChI=1S/C31H38ClN3O4S/c1-6-24(4)33-31(37)28(19-25-14-8-7-9-15-25)34(20-26-16-11-17-27(32)18-26)29(36)21-35(40(5,38)39)30-22(2)12-10-13-23(30)3/h7-18,24,28H,6,19-21H2,1-5H3,(H,33,37)/t24-,28-/m0/s1. The van der Waals surface area contributed by atoms with Gasteiger partial charge in [0, 0.05) is 24.0 Å². The summed E-state index contributed by atoms with van der Waals surface area (Å²) in [5, 5.41) is 3.53. The molecule has 0 heterocycles. The van der Waals surface area contributed by atoms with Gasteiger partial charge in [-0.05, 0) is 61.6 Å². The van der Waals surface area contributed by atoms with Crippen molar-refractivity contribution in [2.75, 3.05) is 17.1 Å². The number of carbonyl (C=O) groups excluding carboxylic acids is 2. The maximum Gasteiger partial charge on any atom is 0.244 e. The van der Waals surface area contributed by atoms with Gasteiger partial charge in [0.15, 0.2) is 0 Å². The van der Waals surface area contributed by atoms with E-state index in [1.807, 2.05) is 82.3 Å². The minimum absolute atomic E-state index is 0.0785. The van der Waals surface area contributed by atoms with Gasteiger partial charge in [-0.3, -0.25) is 13.9 Å². The Morgan fingerprint density at radius 2 is 1.52 bits per heavy atom. The van der Waals surface area contributed by atoms with Crippen molar-refractivity contribution in [2.24, 2.45) is 0 Å². The topological polar surface area (TPSA) is 86.8 Å². The third-order valence-corrected chi connectivity index (χ3v) is 8.23. The van der Waals surface area contributed by atoms with Gasteiger partial charge in [0.1, 0.15) is 12.6 Å². The van der Waals surface area contributed by atoms with E-state index < -0.39 is 28.5 Å². The monoisotopic (exact) mass is 583 g/mol. The number of sulfonamides is 1. The van der Waals surface area contributed by atoms with Gasteiger partial charge in [-0.25, -0.2) is 8.42 Å². The predicted molar refractivity (Wildman–Crippen MR) is 162 cm³/mol. The van der Waals surface area contributed by atoms with E-state index in [0.29, 0.717) is 10.7 Å². The zero-order valence-corrected chi connectivity index (χ0v) is 25.3. The second-order valence-corrected chi connectivity index (χ2v) is 12.5. The Hall–Kier alpha value is -3.36. The lowest BCUT2D eigenvalue weighted by Gasteiger charge is -2.34. The summed E-state index contributed by atoms with van der Waals surface area (Å²) in [6, 6.07) is 21.0. The third kappa shape index (κ3) is 8.32. The molecule has 0 saturated carbocycles. The Balaban J connectivity index is 2.10. The minimum atomic E-state index is -3.83. The largest absolute Gasteiger partial charge is 0.352 e. The van der Waals surface area contributed by atoms with E-state index in [0.717, 1.165) is 39.2 Å². The highest BCUT2D eigenvalue weighted by Gasteiger charge is 2.34. The summed E-state index contributed by atoms with van der Waals surface area (Å²) >= 11 is 6.26. The number of nitrogens with zero attached hydrogens (tertiary/aromatic N) is 2. The van der Waals surface area contributed by atoms with E-state index >= 15 is 0 Å². The summed E-state index contributed by atoms with van der Waals surface area (Å²) in [6.07, 6.45) is 2.07. The normalized spacial score (nSPS) is 12.8. The van der Waals surface area contributed by atoms with E-state index in [1.165, 1.54) is 4.90 Å². The molecule has 0 unspecified atom stereocenters. The van der Waals surface area contributed by atoms with Crippen LogP contribution < -0.4 is 9.62 Å². The molecule has 0 bridgehead atoms. The smallest absolute Gasteiger partial charge is 0.244 e. The fraction of sp³-hybridized carbons (Fsp3) is 0.355. The number of nitrogens with one attached hydrogen (secondary N) is 1. The number of anilines is 1. The van der Waals surface area contributed by atoms with E-state index in [1.54, 1.807) is 18.2 Å². The van der Waals surface area contributed by atoms with Gasteiger partial charge in [0.25, 0.3) is 0 Å². The van der Waals surface area contributed by atoms with Gasteiger partial charge in [0.05, 0.1) is 11.9 Å². The molecule has 0 saturated heterocycles. The number of hydrogen-bond donors (Lipinski definition) is 1. The molecule has 2 amide bonds. The first-order chi connectivity index (χ1) is 18.9. The fourth-order valence-corrected chi connectivity index (χ4v) is 5.78. The Bertz CT molecular complexity index is 1410. The Labute approximate surface area is 243 Å². The molecule has 3 aromatic carbocycles. The molecule has 2 atom stereocenters. The van der Waals surface area contributed by atoms with Gasteiger partial charge in [-0.2, -0.15) is 0 Å². The summed E-state index contributed by atoms with van der Waals surface area (Å²) in [6.45, 7) is 7.13. The number of halogens is 1. The Kier molecular flexibility index (Phi) is 10.8. The molecule has 1 N–H and O–H groups in total. The highest BCUT2D eigenvalue weighted by atomic mass is 35.5. The van der Waals surface area contributed by atoms with Crippen LogP contribution in [0.15, 0.2) is 72.8 Å². The van der Waals surface area contributed by atoms with Crippen LogP contribution >= 0.6 is 11.6 Å². The summed E-state index contributed by atoms with van der Waals surface area (Å²) in [5.74, 6) is -0.792. The van der Waals surface area contributed by atoms with E-state index in [2.05, 4.69) is 5.32 Å². The Morgan fingerprint density at radius 3 is 2.10 bits per heavy atom. The lowest BCUT2D eigenvalue weighted by Crippen LogP contribution is -2.54. The second kappa shape index (κ2) is 13.8. The first kappa shape index (κ1) is 31.2. The molecule has 0 aromatic heterocycles. The SMILES string of the molecule is CC[C@H](C)NC(=O)[C@H](Cc1ccccc1)N(Cc1cccc(Cl)c1)C(=O)CN(c1c(C)cccc1C)S(C)(=O)=O. The fourth-order valence-electron chi connectivity index (χ4n) is 4.60. The number of hydrogen-bond acceptors (Lipinski definition) is 4. The summed E-state index contributed by atoms with van der Waals surface area (Å²) in [7, 11) is -3.83. The van der Waals surface area contributed by atoms with Crippen LogP contribution in [0, 0.1) is 13.8 Å². The quantitative estimate of drug-likeness (QED) is 0.314. The molecule has 40 heavy (non-hydrogen) atoms. The zero-order chi connectivity index (χ0) is 29.4. The summed E-state index contributed by atoms with van der Waals surface area (Å²) in [4.78, 5) is 29.4. The maximum absolute atomic E-state index is 14.2. The predicted octanol–water partition coefficient (Wildman–Crippen LogP) is 5.28. The molecule has 0 fully saturated rings. The molecule has 214 valence electrons. The van der Waals surface area contributed by atoms with Crippen LogP contribution in [0.25, 0.3) is 0 Å². The number of amides is 2. The number of carbonyl (C=O) groups is 2. The van der Waals surface area contributed by atoms with Crippen LogP contribution in [0.4, 0.5) is 5.69 Å². The lowest BCUT2D eigenvalue weighted by molar-refractivity contribution is -0.140. The first-order valence-electron chi connectivity index (χ1n) is 13.3. The van der Waals surface area contributed by atoms with E-state index in [-0.39, 0.29) is 24.9 Å². The number of para-hydroxylation sites is 1. The second-order valence-electron chi connectivity index (χ2n) is 10.2. The van der Waals surface area contributed by atoms with Crippen molar-refractivity contribution >= 4 is 39.1 Å². The molecule has 0 aliphatic heterocycles. The average molecular weight is 584 g/mol. The van der Waals surface area contributed by atoms with Crippen molar-refractivity contribution in [1.82, 2.24) is 10.2 Å². The highest BCUT2D eigenvalue weighted by molar-refractivity contribution is 7.92. The van der Waals surface area contributed by atoms with Crippen molar-refractivity contribution in [3.63, 3.8) is 0 Å². The molecule has 0 spiro atoms. The van der Waals surface area contributed by atoms with Gasteiger partial charge in [0.2, 0.25) is 21.8 Å². The molecule has 7 nitrogen and oxygen atoms in total. The van der Waals surface area contributed by atoms with Gasteiger partial charge in [-0.15, -0.1) is 0 Å². The number of benzene rings is 3. The number of rotatable bonds is 12. The van der Waals surface area contributed by atoms with Crippen LogP contribution in [0.1, 0.15) is 42.5 Å². The van der Waals surface area contributed by atoms with Crippen molar-refractivity contribution < 1.29 is 18.0 Å². The molecular formula is C31H38ClN3O4S. The third-order valence-electron chi connectivity index (χ3n) is 6.88. The highest BCUT2D eigenvalue weighted by Crippen LogP contribution is 2.27. The molecule has 3 rings (SSSR count). The van der Waals surface area contributed by atoms with Crippen molar-refractivity contribution in [2.45, 2.75) is 59.2 Å². The molecule has 0 aliphatic rings. The average Bonchev–Trinajstić information content (AvgIpc) is 2.89. The summed E-state index contributed by atoms with van der Waals surface area (Å²) in [5.41, 5.74) is 3.54. The molecule has 0 aliphatic carbocycles. The van der Waals surface area contributed by atoms with Gasteiger partial charge in [-0.1, -0.05) is 79.2 Å². The van der Waals surface area contributed by atoms with E-state index in [4.69, 9.17) is 11.6 Å². The molecule has 9 heteroatoms. The van der Waals surface area contributed by atoms with Crippen molar-refractivity contribution in [3.05, 3.63) is 100 Å². The lowest BCUT2D eigenvalue weighted by atomic mass is 10.0. The van der Waals surface area contributed by atoms with E-state index in [9.17, 15) is 18.0 Å². The summed E-state index contributed by atoms with van der Waals surface area (Å²) < 4.78 is 27.2. The molecular weight excluding hydrogens is 546 g/mol. The zero-order valence-electron chi connectivity index (χ0n) is 23.7. The van der Waals surface area contributed by atoms with Crippen LogP contribution in [0.5, 0.6) is 0 Å². The first-order valence-corrected chi connectivity index (χ1v) is 15.6. The van der Waals surface area contributed by atoms with Crippen LogP contribution in [0.2, 0.25) is 5.02 Å². The van der Waals surface area contributed by atoms with Crippen molar-refractivity contribution in [1.29, 1.82) is 0 Å². The Morgan fingerprint density at radius 1 is 0.925 bits per heavy atom. The van der Waals surface area contributed by atoms with Crippen LogP contribution in [-0.2, 0) is 32.6 Å².